The molecule has 1 aromatic rings. The Kier molecular flexibility index (Phi) is 3.14. The largest absolute Gasteiger partial charge is 0.394 e. The molecule has 0 aromatic carbocycles. The van der Waals surface area contributed by atoms with Crippen molar-refractivity contribution < 1.29 is 5.11 Å². The molecule has 1 atom stereocenters. The lowest BCUT2D eigenvalue weighted by atomic mass is 10.0. The summed E-state index contributed by atoms with van der Waals surface area (Å²) in [5, 5.41) is 10.1. The van der Waals surface area contributed by atoms with Gasteiger partial charge in [0.25, 0.3) is 0 Å². The Balaban J connectivity index is 3.10. The van der Waals surface area contributed by atoms with Gasteiger partial charge in [-0.2, -0.15) is 0 Å². The summed E-state index contributed by atoms with van der Waals surface area (Å²) in [7, 11) is 3.88. The zero-order valence-electron chi connectivity index (χ0n) is 9.03. The standard InChI is InChI=1S/C9H17N3OS/c1-6-7(9(2,10)5-13)14-8(11-6)12(3)4/h13H,5,10H2,1-4H3. The van der Waals surface area contributed by atoms with Crippen molar-refractivity contribution in [3.05, 3.63) is 10.6 Å². The lowest BCUT2D eigenvalue weighted by Gasteiger charge is -2.20. The average Bonchev–Trinajstić information content (AvgIpc) is 2.48. The Morgan fingerprint density at radius 3 is 2.50 bits per heavy atom. The quantitative estimate of drug-likeness (QED) is 0.778. The Bertz CT molecular complexity index is 320. The van der Waals surface area contributed by atoms with Crippen LogP contribution in [0.5, 0.6) is 0 Å². The van der Waals surface area contributed by atoms with E-state index in [9.17, 15) is 0 Å². The summed E-state index contributed by atoms with van der Waals surface area (Å²) in [6.45, 7) is 3.66. The Hall–Kier alpha value is -0.650. The van der Waals surface area contributed by atoms with Gasteiger partial charge in [0, 0.05) is 14.1 Å². The van der Waals surface area contributed by atoms with Crippen molar-refractivity contribution in [2.24, 2.45) is 5.73 Å². The van der Waals surface area contributed by atoms with Crippen molar-refractivity contribution in [3.8, 4) is 0 Å². The first-order valence-corrected chi connectivity index (χ1v) is 5.25. The van der Waals surface area contributed by atoms with Crippen LogP contribution in [0.25, 0.3) is 0 Å². The first kappa shape index (κ1) is 11.4. The van der Waals surface area contributed by atoms with Gasteiger partial charge in [-0.3, -0.25) is 0 Å². The minimum atomic E-state index is -0.685. The second kappa shape index (κ2) is 3.84. The van der Waals surface area contributed by atoms with Crippen molar-refractivity contribution in [1.29, 1.82) is 0 Å². The van der Waals surface area contributed by atoms with E-state index in [1.54, 1.807) is 0 Å². The molecule has 80 valence electrons. The van der Waals surface area contributed by atoms with Crippen LogP contribution in [0.3, 0.4) is 0 Å². The Labute approximate surface area is 88.4 Å². The zero-order chi connectivity index (χ0) is 10.9. The topological polar surface area (TPSA) is 62.4 Å². The fourth-order valence-corrected chi connectivity index (χ4v) is 2.21. The van der Waals surface area contributed by atoms with E-state index in [1.165, 1.54) is 11.3 Å². The van der Waals surface area contributed by atoms with E-state index in [2.05, 4.69) is 4.98 Å². The number of nitrogens with zero attached hydrogens (tertiary/aromatic N) is 2. The van der Waals surface area contributed by atoms with Crippen molar-refractivity contribution in [2.45, 2.75) is 19.4 Å². The summed E-state index contributed by atoms with van der Waals surface area (Å²) in [5.41, 5.74) is 6.17. The Morgan fingerprint density at radius 2 is 2.14 bits per heavy atom. The van der Waals surface area contributed by atoms with Gasteiger partial charge in [0.05, 0.1) is 22.7 Å². The number of aliphatic hydroxyl groups is 1. The number of anilines is 1. The molecule has 0 aliphatic rings. The van der Waals surface area contributed by atoms with Gasteiger partial charge < -0.3 is 15.7 Å². The molecule has 1 heterocycles. The van der Waals surface area contributed by atoms with Gasteiger partial charge in [0.2, 0.25) is 0 Å². The van der Waals surface area contributed by atoms with Gasteiger partial charge in [-0.1, -0.05) is 11.3 Å². The van der Waals surface area contributed by atoms with Crippen LogP contribution in [-0.2, 0) is 5.54 Å². The lowest BCUT2D eigenvalue weighted by molar-refractivity contribution is 0.212. The van der Waals surface area contributed by atoms with Crippen LogP contribution in [-0.4, -0.2) is 30.8 Å². The number of aliphatic hydroxyl groups excluding tert-OH is 1. The first-order valence-electron chi connectivity index (χ1n) is 4.43. The molecule has 0 saturated heterocycles. The van der Waals surface area contributed by atoms with Crippen LogP contribution in [0.2, 0.25) is 0 Å². The first-order chi connectivity index (χ1) is 6.38. The predicted octanol–water partition coefficient (Wildman–Crippen LogP) is 0.684. The van der Waals surface area contributed by atoms with Gasteiger partial charge in [0.1, 0.15) is 0 Å². The van der Waals surface area contributed by atoms with E-state index in [0.717, 1.165) is 15.7 Å². The molecule has 0 aliphatic heterocycles. The second-order valence-corrected chi connectivity index (χ2v) is 4.86. The summed E-state index contributed by atoms with van der Waals surface area (Å²) in [6.07, 6.45) is 0. The van der Waals surface area contributed by atoms with Crippen molar-refractivity contribution >= 4 is 16.5 Å². The molecule has 1 aromatic heterocycles. The second-order valence-electron chi connectivity index (χ2n) is 3.88. The number of thiazole rings is 1. The molecular formula is C9H17N3OS. The highest BCUT2D eigenvalue weighted by molar-refractivity contribution is 7.15. The van der Waals surface area contributed by atoms with E-state index in [1.807, 2.05) is 32.8 Å². The molecule has 4 nitrogen and oxygen atoms in total. The minimum Gasteiger partial charge on any atom is -0.394 e. The summed E-state index contributed by atoms with van der Waals surface area (Å²) >= 11 is 1.53. The van der Waals surface area contributed by atoms with Crippen molar-refractivity contribution in [1.82, 2.24) is 4.98 Å². The molecule has 14 heavy (non-hydrogen) atoms. The molecule has 0 spiro atoms. The third-order valence-electron chi connectivity index (χ3n) is 2.02. The maximum atomic E-state index is 9.16. The highest BCUT2D eigenvalue weighted by Gasteiger charge is 2.26. The molecule has 5 heteroatoms. The lowest BCUT2D eigenvalue weighted by Crippen LogP contribution is -2.36. The highest BCUT2D eigenvalue weighted by atomic mass is 32.1. The summed E-state index contributed by atoms with van der Waals surface area (Å²) in [6, 6.07) is 0. The van der Waals surface area contributed by atoms with E-state index in [-0.39, 0.29) is 6.61 Å². The monoisotopic (exact) mass is 215 g/mol. The predicted molar refractivity (Wildman–Crippen MR) is 59.8 cm³/mol. The zero-order valence-corrected chi connectivity index (χ0v) is 9.85. The Morgan fingerprint density at radius 1 is 1.57 bits per heavy atom. The number of aromatic nitrogens is 1. The third kappa shape index (κ3) is 2.05. The molecule has 3 N–H and O–H groups in total. The molecule has 0 bridgehead atoms. The van der Waals surface area contributed by atoms with Gasteiger partial charge in [-0.25, -0.2) is 4.98 Å². The summed E-state index contributed by atoms with van der Waals surface area (Å²) in [4.78, 5) is 7.26. The number of hydrogen-bond donors (Lipinski definition) is 2. The van der Waals surface area contributed by atoms with E-state index in [0.29, 0.717) is 0 Å². The normalized spacial score (nSPS) is 15.3. The number of aryl methyl sites for hydroxylation is 1. The molecule has 0 radical (unpaired) electrons. The fourth-order valence-electron chi connectivity index (χ4n) is 1.18. The summed E-state index contributed by atoms with van der Waals surface area (Å²) < 4.78 is 0. The van der Waals surface area contributed by atoms with E-state index >= 15 is 0 Å². The molecule has 0 aliphatic carbocycles. The fraction of sp³-hybridized carbons (Fsp3) is 0.667. The molecule has 1 unspecified atom stereocenters. The van der Waals surface area contributed by atoms with Crippen LogP contribution < -0.4 is 10.6 Å². The van der Waals surface area contributed by atoms with Gasteiger partial charge in [0.15, 0.2) is 5.13 Å². The third-order valence-corrected chi connectivity index (χ3v) is 3.62. The van der Waals surface area contributed by atoms with Crippen LogP contribution in [0, 0.1) is 6.92 Å². The van der Waals surface area contributed by atoms with Gasteiger partial charge in [-0.05, 0) is 13.8 Å². The van der Waals surface area contributed by atoms with Gasteiger partial charge in [-0.15, -0.1) is 0 Å². The molecule has 0 saturated carbocycles. The van der Waals surface area contributed by atoms with Crippen molar-refractivity contribution in [2.75, 3.05) is 25.6 Å². The molecule has 1 rings (SSSR count). The van der Waals surface area contributed by atoms with Crippen molar-refractivity contribution in [3.63, 3.8) is 0 Å². The minimum absolute atomic E-state index is 0.0666. The summed E-state index contributed by atoms with van der Waals surface area (Å²) in [5.74, 6) is 0. The van der Waals surface area contributed by atoms with Gasteiger partial charge >= 0.3 is 0 Å². The highest BCUT2D eigenvalue weighted by Crippen LogP contribution is 2.31. The molecular weight excluding hydrogens is 198 g/mol. The smallest absolute Gasteiger partial charge is 0.185 e. The van der Waals surface area contributed by atoms with Crippen LogP contribution in [0.1, 0.15) is 17.5 Å². The maximum Gasteiger partial charge on any atom is 0.185 e. The number of nitrogens with two attached hydrogens (primary N) is 1. The SMILES string of the molecule is Cc1nc(N(C)C)sc1C(C)(N)CO. The maximum absolute atomic E-state index is 9.16. The van der Waals surface area contributed by atoms with E-state index in [4.69, 9.17) is 10.8 Å². The van der Waals surface area contributed by atoms with Crippen LogP contribution >= 0.6 is 11.3 Å². The number of hydrogen-bond acceptors (Lipinski definition) is 5. The van der Waals surface area contributed by atoms with E-state index < -0.39 is 5.54 Å². The average molecular weight is 215 g/mol. The van der Waals surface area contributed by atoms with Crippen LogP contribution in [0.4, 0.5) is 5.13 Å². The van der Waals surface area contributed by atoms with Crippen LogP contribution in [0.15, 0.2) is 0 Å². The molecule has 0 fully saturated rings. The molecule has 0 amide bonds. The number of rotatable bonds is 3.